The molecule has 0 saturated carbocycles. The Balaban J connectivity index is 1.70. The van der Waals surface area contributed by atoms with Crippen molar-refractivity contribution < 1.29 is 19.2 Å². The van der Waals surface area contributed by atoms with Crippen LogP contribution in [0.2, 0.25) is 5.02 Å². The van der Waals surface area contributed by atoms with Crippen molar-refractivity contribution in [1.29, 1.82) is 0 Å². The standard InChI is InChI=1S/C26H26ClN7O5/c1-15(2)39-21-11-19(34(37)38)7-8-20(21)25-31-23(16-3-5-18(27)6-4-16)24(17-12-29-30-13-17)33(25)26(36)32-10-9-28-22(35)14-32/h3-8,11-13,15,23-24H,9-10,14H2,1-2H3,(H,28,35)(H,29,30)/t23-,24+/m0/s1. The number of nitrogens with one attached hydrogen (secondary N) is 2. The van der Waals surface area contributed by atoms with E-state index in [0.717, 1.165) is 5.56 Å². The van der Waals surface area contributed by atoms with Crippen molar-refractivity contribution in [2.24, 2.45) is 4.99 Å². The van der Waals surface area contributed by atoms with Crippen molar-refractivity contribution >= 4 is 35.1 Å². The number of hydrogen-bond donors (Lipinski definition) is 2. The Kier molecular flexibility index (Phi) is 7.20. The number of nitro benzene ring substituents is 1. The molecule has 2 N–H and O–H groups in total. The van der Waals surface area contributed by atoms with Gasteiger partial charge in [-0.05, 0) is 37.6 Å². The van der Waals surface area contributed by atoms with Gasteiger partial charge in [0.25, 0.3) is 5.69 Å². The van der Waals surface area contributed by atoms with E-state index in [1.165, 1.54) is 28.0 Å². The van der Waals surface area contributed by atoms with Gasteiger partial charge in [-0.15, -0.1) is 0 Å². The van der Waals surface area contributed by atoms with Crippen molar-refractivity contribution in [3.63, 3.8) is 0 Å². The Labute approximate surface area is 228 Å². The molecule has 39 heavy (non-hydrogen) atoms. The molecule has 202 valence electrons. The Morgan fingerprint density at radius 3 is 2.62 bits per heavy atom. The van der Waals surface area contributed by atoms with E-state index >= 15 is 0 Å². The number of nitrogens with zero attached hydrogens (tertiary/aromatic N) is 5. The number of non-ortho nitro benzene ring substituents is 1. The number of amides is 3. The van der Waals surface area contributed by atoms with E-state index in [1.807, 2.05) is 12.1 Å². The molecule has 2 aliphatic heterocycles. The summed E-state index contributed by atoms with van der Waals surface area (Å²) in [5.41, 5.74) is 1.74. The van der Waals surface area contributed by atoms with E-state index < -0.39 is 23.0 Å². The number of aromatic nitrogens is 2. The highest BCUT2D eigenvalue weighted by atomic mass is 35.5. The van der Waals surface area contributed by atoms with E-state index in [9.17, 15) is 19.7 Å². The largest absolute Gasteiger partial charge is 0.490 e. The fourth-order valence-corrected chi connectivity index (χ4v) is 4.86. The Bertz CT molecular complexity index is 1420. The molecule has 3 amide bonds. The highest BCUT2D eigenvalue weighted by Crippen LogP contribution is 2.45. The summed E-state index contributed by atoms with van der Waals surface area (Å²) in [5, 5.41) is 21.7. The normalized spacial score (nSPS) is 19.2. The SMILES string of the molecule is CC(C)Oc1cc([N+](=O)[O-])ccc1C1=N[C@@H](c2ccc(Cl)cc2)[C@@H](c2cn[nH]c2)N1C(=O)N1CCNC(=O)C1. The van der Waals surface area contributed by atoms with Crippen molar-refractivity contribution in [3.05, 3.63) is 86.7 Å². The second-order valence-electron chi connectivity index (χ2n) is 9.45. The van der Waals surface area contributed by atoms with Crippen molar-refractivity contribution in [1.82, 2.24) is 25.3 Å². The summed E-state index contributed by atoms with van der Waals surface area (Å²) in [5.74, 6) is 0.220. The van der Waals surface area contributed by atoms with Gasteiger partial charge in [0.05, 0.1) is 34.9 Å². The maximum Gasteiger partial charge on any atom is 0.326 e. The third-order valence-electron chi connectivity index (χ3n) is 6.43. The summed E-state index contributed by atoms with van der Waals surface area (Å²) < 4.78 is 5.98. The minimum Gasteiger partial charge on any atom is -0.490 e. The number of piperazine rings is 1. The van der Waals surface area contributed by atoms with Crippen LogP contribution in [-0.4, -0.2) is 68.4 Å². The number of H-pyrrole nitrogens is 1. The lowest BCUT2D eigenvalue weighted by Crippen LogP contribution is -2.55. The molecule has 3 heterocycles. The maximum absolute atomic E-state index is 14.2. The quantitative estimate of drug-likeness (QED) is 0.351. The predicted octanol–water partition coefficient (Wildman–Crippen LogP) is 3.86. The van der Waals surface area contributed by atoms with E-state index in [4.69, 9.17) is 21.3 Å². The first kappa shape index (κ1) is 26.2. The highest BCUT2D eigenvalue weighted by molar-refractivity contribution is 6.30. The number of benzene rings is 2. The number of hydrogen-bond acceptors (Lipinski definition) is 7. The van der Waals surface area contributed by atoms with Crippen LogP contribution in [-0.2, 0) is 4.79 Å². The number of amidine groups is 1. The number of rotatable bonds is 6. The average Bonchev–Trinajstić information content (AvgIpc) is 3.56. The molecular formula is C26H26ClN7O5. The van der Waals surface area contributed by atoms with Gasteiger partial charge in [-0.3, -0.25) is 29.9 Å². The van der Waals surface area contributed by atoms with Crippen LogP contribution in [0.1, 0.15) is 42.6 Å². The molecule has 0 bridgehead atoms. The van der Waals surface area contributed by atoms with Crippen LogP contribution in [0.3, 0.4) is 0 Å². The molecule has 0 spiro atoms. The fourth-order valence-electron chi connectivity index (χ4n) is 4.73. The number of nitro groups is 1. The smallest absolute Gasteiger partial charge is 0.326 e. The molecule has 2 atom stereocenters. The minimum absolute atomic E-state index is 0.109. The van der Waals surface area contributed by atoms with Crippen LogP contribution in [0.15, 0.2) is 59.9 Å². The second-order valence-corrected chi connectivity index (χ2v) is 9.89. The van der Waals surface area contributed by atoms with Gasteiger partial charge in [0, 0.05) is 35.9 Å². The van der Waals surface area contributed by atoms with Gasteiger partial charge in [0.2, 0.25) is 5.91 Å². The number of carbonyl (C=O) groups excluding carboxylic acids is 2. The Morgan fingerprint density at radius 1 is 1.21 bits per heavy atom. The first-order chi connectivity index (χ1) is 18.7. The molecule has 3 aromatic rings. The van der Waals surface area contributed by atoms with Crippen LogP contribution in [0.25, 0.3) is 0 Å². The summed E-state index contributed by atoms with van der Waals surface area (Å²) >= 11 is 6.15. The maximum atomic E-state index is 14.2. The lowest BCUT2D eigenvalue weighted by Gasteiger charge is -2.35. The highest BCUT2D eigenvalue weighted by Gasteiger charge is 2.45. The van der Waals surface area contributed by atoms with Gasteiger partial charge in [0.15, 0.2) is 0 Å². The monoisotopic (exact) mass is 551 g/mol. The third kappa shape index (κ3) is 5.28. The zero-order valence-corrected chi connectivity index (χ0v) is 22.0. The first-order valence-corrected chi connectivity index (χ1v) is 12.7. The number of urea groups is 1. The molecule has 1 fully saturated rings. The molecule has 5 rings (SSSR count). The van der Waals surface area contributed by atoms with Crippen molar-refractivity contribution in [3.8, 4) is 5.75 Å². The molecule has 0 aliphatic carbocycles. The molecule has 1 aromatic heterocycles. The Morgan fingerprint density at radius 2 is 1.97 bits per heavy atom. The molecule has 12 nitrogen and oxygen atoms in total. The van der Waals surface area contributed by atoms with Gasteiger partial charge in [-0.1, -0.05) is 23.7 Å². The summed E-state index contributed by atoms with van der Waals surface area (Å²) in [6, 6.07) is 9.75. The number of aliphatic imine (C=N–C) groups is 1. The molecule has 2 aliphatic rings. The predicted molar refractivity (Wildman–Crippen MR) is 143 cm³/mol. The minimum atomic E-state index is -0.639. The van der Waals surface area contributed by atoms with Crippen LogP contribution in [0, 0.1) is 10.1 Å². The average molecular weight is 552 g/mol. The third-order valence-corrected chi connectivity index (χ3v) is 6.69. The fraction of sp³-hybridized carbons (Fsp3) is 0.308. The second kappa shape index (κ2) is 10.7. The van der Waals surface area contributed by atoms with Gasteiger partial charge in [-0.2, -0.15) is 5.10 Å². The number of aromatic amines is 1. The lowest BCUT2D eigenvalue weighted by atomic mass is 9.95. The van der Waals surface area contributed by atoms with E-state index in [-0.39, 0.29) is 35.8 Å². The van der Waals surface area contributed by atoms with Crippen molar-refractivity contribution in [2.45, 2.75) is 32.0 Å². The van der Waals surface area contributed by atoms with Gasteiger partial charge < -0.3 is 15.0 Å². The summed E-state index contributed by atoms with van der Waals surface area (Å²) in [6.07, 6.45) is 3.01. The molecule has 0 unspecified atom stereocenters. The van der Waals surface area contributed by atoms with E-state index in [1.54, 1.807) is 38.4 Å². The van der Waals surface area contributed by atoms with Crippen molar-refractivity contribution in [2.75, 3.05) is 19.6 Å². The van der Waals surface area contributed by atoms with Crippen LogP contribution >= 0.6 is 11.6 Å². The number of halogens is 1. The van der Waals surface area contributed by atoms with E-state index in [2.05, 4.69) is 15.5 Å². The van der Waals surface area contributed by atoms with Crippen LogP contribution < -0.4 is 10.1 Å². The van der Waals surface area contributed by atoms with Crippen LogP contribution in [0.5, 0.6) is 5.75 Å². The molecule has 0 radical (unpaired) electrons. The molecule has 13 heteroatoms. The number of carbonyl (C=O) groups is 2. The first-order valence-electron chi connectivity index (χ1n) is 12.3. The summed E-state index contributed by atoms with van der Waals surface area (Å²) in [7, 11) is 0. The zero-order valence-electron chi connectivity index (χ0n) is 21.2. The molecule has 2 aromatic carbocycles. The number of ether oxygens (including phenoxy) is 1. The van der Waals surface area contributed by atoms with Crippen LogP contribution in [0.4, 0.5) is 10.5 Å². The molecular weight excluding hydrogens is 526 g/mol. The van der Waals surface area contributed by atoms with E-state index in [0.29, 0.717) is 29.2 Å². The van der Waals surface area contributed by atoms with Gasteiger partial charge in [-0.25, -0.2) is 4.79 Å². The summed E-state index contributed by atoms with van der Waals surface area (Å²) in [6.45, 7) is 4.13. The molecule has 1 saturated heterocycles. The van der Waals surface area contributed by atoms with Gasteiger partial charge >= 0.3 is 6.03 Å². The summed E-state index contributed by atoms with van der Waals surface area (Å²) in [4.78, 5) is 45.4. The lowest BCUT2D eigenvalue weighted by molar-refractivity contribution is -0.384. The van der Waals surface area contributed by atoms with Gasteiger partial charge in [0.1, 0.15) is 24.2 Å². The zero-order chi connectivity index (χ0) is 27.7. The Hall–Kier alpha value is -4.45. The topological polar surface area (TPSA) is 146 Å².